The van der Waals surface area contributed by atoms with E-state index in [4.69, 9.17) is 11.6 Å². The molecule has 0 fully saturated rings. The summed E-state index contributed by atoms with van der Waals surface area (Å²) in [7, 11) is -3.74. The summed E-state index contributed by atoms with van der Waals surface area (Å²) in [5.74, 6) is 0. The van der Waals surface area contributed by atoms with Crippen molar-refractivity contribution < 1.29 is 13.5 Å². The lowest BCUT2D eigenvalue weighted by Crippen LogP contribution is -2.14. The van der Waals surface area contributed by atoms with Crippen LogP contribution >= 0.6 is 27.5 Å². The van der Waals surface area contributed by atoms with Crippen LogP contribution in [0.5, 0.6) is 0 Å². The minimum atomic E-state index is -3.74. The van der Waals surface area contributed by atoms with Gasteiger partial charge in [-0.1, -0.05) is 23.7 Å². The number of aliphatic hydroxyl groups excluding tert-OH is 1. The van der Waals surface area contributed by atoms with Crippen LogP contribution < -0.4 is 4.72 Å². The molecule has 0 aliphatic rings. The number of halogens is 2. The fraction of sp³-hybridized carbons (Fsp3) is 0.0769. The number of rotatable bonds is 4. The van der Waals surface area contributed by atoms with E-state index < -0.39 is 10.0 Å². The summed E-state index contributed by atoms with van der Waals surface area (Å²) in [6, 6.07) is 11.1. The summed E-state index contributed by atoms with van der Waals surface area (Å²) in [5, 5.41) is 9.69. The highest BCUT2D eigenvalue weighted by Gasteiger charge is 2.18. The first-order valence-electron chi connectivity index (χ1n) is 5.60. The fourth-order valence-electron chi connectivity index (χ4n) is 1.66. The first-order chi connectivity index (χ1) is 9.44. The summed E-state index contributed by atoms with van der Waals surface area (Å²) in [6.45, 7) is -0.311. The predicted molar refractivity (Wildman–Crippen MR) is 82.3 cm³/mol. The first kappa shape index (κ1) is 15.3. The van der Waals surface area contributed by atoms with Gasteiger partial charge in [-0.25, -0.2) is 8.42 Å². The number of aliphatic hydroxyl groups is 1. The smallest absolute Gasteiger partial charge is 0.263 e. The molecule has 0 unspecified atom stereocenters. The number of hydrogen-bond donors (Lipinski definition) is 2. The summed E-state index contributed by atoms with van der Waals surface area (Å²) in [4.78, 5) is 0.124. The molecule has 106 valence electrons. The van der Waals surface area contributed by atoms with E-state index in [-0.39, 0.29) is 11.5 Å². The fourth-order valence-corrected chi connectivity index (χ4v) is 3.95. The van der Waals surface area contributed by atoms with Crippen LogP contribution in [-0.4, -0.2) is 13.5 Å². The standard InChI is InChI=1S/C13H11BrClNO3S/c14-11-3-1-2-4-13(11)20(18,19)16-12-6-5-10(15)7-9(12)8-17/h1-7,16-17H,8H2. The topological polar surface area (TPSA) is 66.4 Å². The first-order valence-corrected chi connectivity index (χ1v) is 8.26. The molecular weight excluding hydrogens is 366 g/mol. The number of nitrogens with one attached hydrogen (secondary N) is 1. The third kappa shape index (κ3) is 3.32. The molecule has 20 heavy (non-hydrogen) atoms. The zero-order chi connectivity index (χ0) is 14.8. The van der Waals surface area contributed by atoms with Gasteiger partial charge in [0.1, 0.15) is 4.90 Å². The van der Waals surface area contributed by atoms with E-state index in [9.17, 15) is 13.5 Å². The molecule has 0 amide bonds. The molecule has 2 N–H and O–H groups in total. The Hall–Kier alpha value is -1.08. The van der Waals surface area contributed by atoms with Crippen molar-refractivity contribution in [3.63, 3.8) is 0 Å². The maximum Gasteiger partial charge on any atom is 0.263 e. The van der Waals surface area contributed by atoms with Gasteiger partial charge in [0, 0.05) is 15.1 Å². The Bertz CT molecular complexity index is 734. The molecular formula is C13H11BrClNO3S. The quantitative estimate of drug-likeness (QED) is 0.859. The van der Waals surface area contributed by atoms with E-state index in [1.165, 1.54) is 18.2 Å². The average molecular weight is 377 g/mol. The van der Waals surface area contributed by atoms with Gasteiger partial charge in [0.05, 0.1) is 12.3 Å². The molecule has 0 aliphatic heterocycles. The van der Waals surface area contributed by atoms with E-state index >= 15 is 0 Å². The Balaban J connectivity index is 2.41. The molecule has 0 saturated heterocycles. The highest BCUT2D eigenvalue weighted by atomic mass is 79.9. The van der Waals surface area contributed by atoms with Gasteiger partial charge in [0.15, 0.2) is 0 Å². The van der Waals surface area contributed by atoms with E-state index in [1.54, 1.807) is 24.3 Å². The number of benzene rings is 2. The van der Waals surface area contributed by atoms with Crippen molar-refractivity contribution in [2.75, 3.05) is 4.72 Å². The largest absolute Gasteiger partial charge is 0.392 e. The lowest BCUT2D eigenvalue weighted by molar-refractivity contribution is 0.282. The molecule has 0 spiro atoms. The van der Waals surface area contributed by atoms with Crippen LogP contribution in [-0.2, 0) is 16.6 Å². The summed E-state index contributed by atoms with van der Waals surface area (Å²) >= 11 is 9.02. The lowest BCUT2D eigenvalue weighted by atomic mass is 10.2. The zero-order valence-corrected chi connectivity index (χ0v) is 13.3. The second-order valence-corrected chi connectivity index (χ2v) is 6.94. The van der Waals surface area contributed by atoms with Crippen LogP contribution in [0, 0.1) is 0 Å². The lowest BCUT2D eigenvalue weighted by Gasteiger charge is -2.12. The number of anilines is 1. The molecule has 2 aromatic rings. The van der Waals surface area contributed by atoms with Crippen molar-refractivity contribution in [2.45, 2.75) is 11.5 Å². The van der Waals surface area contributed by atoms with Gasteiger partial charge in [0.2, 0.25) is 0 Å². The monoisotopic (exact) mass is 375 g/mol. The Morgan fingerprint density at radius 1 is 1.20 bits per heavy atom. The maximum atomic E-state index is 12.3. The molecule has 0 aromatic heterocycles. The highest BCUT2D eigenvalue weighted by molar-refractivity contribution is 9.10. The molecule has 2 aromatic carbocycles. The van der Waals surface area contributed by atoms with Crippen molar-refractivity contribution in [3.05, 3.63) is 57.5 Å². The number of sulfonamides is 1. The molecule has 2 rings (SSSR count). The van der Waals surface area contributed by atoms with Gasteiger partial charge in [-0.2, -0.15) is 0 Å². The Morgan fingerprint density at radius 3 is 2.55 bits per heavy atom. The van der Waals surface area contributed by atoms with Crippen molar-refractivity contribution in [2.24, 2.45) is 0 Å². The molecule has 4 nitrogen and oxygen atoms in total. The van der Waals surface area contributed by atoms with Crippen molar-refractivity contribution in [3.8, 4) is 0 Å². The molecule has 7 heteroatoms. The van der Waals surface area contributed by atoms with Crippen molar-refractivity contribution >= 4 is 43.2 Å². The van der Waals surface area contributed by atoms with Gasteiger partial charge in [0.25, 0.3) is 10.0 Å². The SMILES string of the molecule is O=S(=O)(Nc1ccc(Cl)cc1CO)c1ccccc1Br. The van der Waals surface area contributed by atoms with Gasteiger partial charge in [-0.15, -0.1) is 0 Å². The van der Waals surface area contributed by atoms with Crippen LogP contribution in [0.3, 0.4) is 0 Å². The van der Waals surface area contributed by atoms with Crippen LogP contribution in [0.15, 0.2) is 51.8 Å². The Kier molecular flexibility index (Phi) is 4.70. The van der Waals surface area contributed by atoms with Crippen LogP contribution in [0.1, 0.15) is 5.56 Å². The third-order valence-corrected chi connectivity index (χ3v) is 5.22. The van der Waals surface area contributed by atoms with E-state index in [0.717, 1.165) is 0 Å². The van der Waals surface area contributed by atoms with Gasteiger partial charge in [-0.05, 0) is 46.3 Å². The molecule has 0 bridgehead atoms. The van der Waals surface area contributed by atoms with Crippen molar-refractivity contribution in [1.82, 2.24) is 0 Å². The molecule has 0 radical (unpaired) electrons. The molecule has 0 aliphatic carbocycles. The minimum absolute atomic E-state index is 0.124. The highest BCUT2D eigenvalue weighted by Crippen LogP contribution is 2.26. The number of hydrogen-bond acceptors (Lipinski definition) is 3. The normalized spacial score (nSPS) is 11.3. The van der Waals surface area contributed by atoms with E-state index in [0.29, 0.717) is 20.7 Å². The van der Waals surface area contributed by atoms with E-state index in [2.05, 4.69) is 20.7 Å². The predicted octanol–water partition coefficient (Wildman–Crippen LogP) is 3.40. The second-order valence-electron chi connectivity index (χ2n) is 4.00. The summed E-state index contributed by atoms with van der Waals surface area (Å²) in [5.41, 5.74) is 0.709. The average Bonchev–Trinajstić information content (AvgIpc) is 2.41. The molecule has 0 saturated carbocycles. The Morgan fingerprint density at radius 2 is 1.90 bits per heavy atom. The van der Waals surface area contributed by atoms with Crippen molar-refractivity contribution in [1.29, 1.82) is 0 Å². The minimum Gasteiger partial charge on any atom is -0.392 e. The van der Waals surface area contributed by atoms with Gasteiger partial charge in [-0.3, -0.25) is 4.72 Å². The molecule has 0 heterocycles. The summed E-state index contributed by atoms with van der Waals surface area (Å²) in [6.07, 6.45) is 0. The van der Waals surface area contributed by atoms with Crippen LogP contribution in [0.4, 0.5) is 5.69 Å². The van der Waals surface area contributed by atoms with Crippen LogP contribution in [0.2, 0.25) is 5.02 Å². The second kappa shape index (κ2) is 6.13. The van der Waals surface area contributed by atoms with E-state index in [1.807, 2.05) is 0 Å². The van der Waals surface area contributed by atoms with Gasteiger partial charge >= 0.3 is 0 Å². The maximum absolute atomic E-state index is 12.3. The van der Waals surface area contributed by atoms with Crippen LogP contribution in [0.25, 0.3) is 0 Å². The Labute approximate surface area is 130 Å². The van der Waals surface area contributed by atoms with Gasteiger partial charge < -0.3 is 5.11 Å². The zero-order valence-electron chi connectivity index (χ0n) is 10.2. The molecule has 0 atom stereocenters. The summed E-state index contributed by atoms with van der Waals surface area (Å²) < 4.78 is 27.6. The third-order valence-electron chi connectivity index (χ3n) is 2.61.